The molecule has 0 amide bonds. The van der Waals surface area contributed by atoms with Gasteiger partial charge in [0, 0.05) is 6.61 Å². The standard InChI is InChI=1S/C7H12O.C3H5N3OS/c1-3-7(4-1)5-2-6-8-7;1-7-3-6-5-2(4)8-3/h1-6H2;1H3,(H2,4,5). The van der Waals surface area contributed by atoms with Crippen molar-refractivity contribution in [3.05, 3.63) is 0 Å². The van der Waals surface area contributed by atoms with Crippen LogP contribution in [0.3, 0.4) is 0 Å². The average molecular weight is 243 g/mol. The quantitative estimate of drug-likeness (QED) is 0.815. The lowest BCUT2D eigenvalue weighted by Crippen LogP contribution is -2.35. The van der Waals surface area contributed by atoms with Crippen molar-refractivity contribution in [1.29, 1.82) is 0 Å². The largest absolute Gasteiger partial charge is 0.472 e. The molecule has 1 saturated heterocycles. The van der Waals surface area contributed by atoms with Crippen LogP contribution in [0.4, 0.5) is 5.13 Å². The summed E-state index contributed by atoms with van der Waals surface area (Å²) in [6.45, 7) is 1.03. The van der Waals surface area contributed by atoms with Crippen LogP contribution in [-0.4, -0.2) is 29.5 Å². The summed E-state index contributed by atoms with van der Waals surface area (Å²) in [6, 6.07) is 0. The van der Waals surface area contributed by atoms with Crippen molar-refractivity contribution in [3.63, 3.8) is 0 Å². The normalized spacial score (nSPS) is 21.1. The van der Waals surface area contributed by atoms with Crippen LogP contribution in [0.25, 0.3) is 0 Å². The molecule has 3 rings (SSSR count). The van der Waals surface area contributed by atoms with Gasteiger partial charge in [-0.3, -0.25) is 0 Å². The summed E-state index contributed by atoms with van der Waals surface area (Å²) in [6.07, 6.45) is 6.73. The van der Waals surface area contributed by atoms with Crippen molar-refractivity contribution in [2.45, 2.75) is 37.7 Å². The molecule has 0 aromatic carbocycles. The molecule has 6 heteroatoms. The van der Waals surface area contributed by atoms with Crippen molar-refractivity contribution in [1.82, 2.24) is 10.2 Å². The number of anilines is 1. The molecule has 0 bridgehead atoms. The molecule has 16 heavy (non-hydrogen) atoms. The highest BCUT2D eigenvalue weighted by Crippen LogP contribution is 2.42. The lowest BCUT2D eigenvalue weighted by molar-refractivity contribution is -0.0561. The predicted octanol–water partition coefficient (Wildman–Crippen LogP) is 1.85. The van der Waals surface area contributed by atoms with E-state index in [0.717, 1.165) is 6.61 Å². The number of hydrogen-bond donors (Lipinski definition) is 1. The molecular weight excluding hydrogens is 226 g/mol. The first-order chi connectivity index (χ1) is 7.74. The molecule has 1 aromatic heterocycles. The maximum Gasteiger partial charge on any atom is 0.295 e. The van der Waals surface area contributed by atoms with E-state index in [1.165, 1.54) is 50.6 Å². The Bertz CT molecular complexity index is 331. The SMILES string of the molecule is C1COC2(C1)CCC2.COc1nnc(N)s1. The summed E-state index contributed by atoms with van der Waals surface area (Å²) in [5.74, 6) is 0. The van der Waals surface area contributed by atoms with Gasteiger partial charge in [-0.25, -0.2) is 0 Å². The summed E-state index contributed by atoms with van der Waals surface area (Å²) in [4.78, 5) is 0. The van der Waals surface area contributed by atoms with Crippen molar-refractivity contribution < 1.29 is 9.47 Å². The third kappa shape index (κ3) is 2.62. The van der Waals surface area contributed by atoms with Crippen LogP contribution in [0.5, 0.6) is 5.19 Å². The minimum atomic E-state index is 0.417. The number of nitrogens with zero attached hydrogens (tertiary/aromatic N) is 2. The minimum Gasteiger partial charge on any atom is -0.472 e. The Morgan fingerprint density at radius 3 is 2.31 bits per heavy atom. The first-order valence-electron chi connectivity index (χ1n) is 5.51. The zero-order valence-electron chi connectivity index (χ0n) is 9.44. The Morgan fingerprint density at radius 2 is 2.06 bits per heavy atom. The average Bonchev–Trinajstić information content (AvgIpc) is 2.85. The van der Waals surface area contributed by atoms with Gasteiger partial charge in [-0.15, -0.1) is 5.10 Å². The van der Waals surface area contributed by atoms with Gasteiger partial charge in [0.15, 0.2) is 0 Å². The van der Waals surface area contributed by atoms with Crippen LogP contribution in [0.15, 0.2) is 0 Å². The van der Waals surface area contributed by atoms with Gasteiger partial charge in [0.2, 0.25) is 5.13 Å². The van der Waals surface area contributed by atoms with E-state index in [0.29, 0.717) is 15.9 Å². The highest BCUT2D eigenvalue weighted by atomic mass is 32.1. The maximum absolute atomic E-state index is 5.58. The van der Waals surface area contributed by atoms with Crippen molar-refractivity contribution >= 4 is 16.5 Å². The Hall–Kier alpha value is -0.880. The van der Waals surface area contributed by atoms with Gasteiger partial charge >= 0.3 is 0 Å². The third-order valence-electron chi connectivity index (χ3n) is 3.05. The molecule has 2 fully saturated rings. The highest BCUT2D eigenvalue weighted by molar-refractivity contribution is 7.16. The Labute approximate surface area is 99.0 Å². The second-order valence-corrected chi connectivity index (χ2v) is 5.07. The molecule has 1 spiro atoms. The molecular formula is C10H17N3O2S. The van der Waals surface area contributed by atoms with E-state index in [-0.39, 0.29) is 0 Å². The fourth-order valence-corrected chi connectivity index (χ4v) is 2.45. The molecule has 2 aliphatic rings. The van der Waals surface area contributed by atoms with E-state index >= 15 is 0 Å². The number of rotatable bonds is 1. The van der Waals surface area contributed by atoms with E-state index in [9.17, 15) is 0 Å². The van der Waals surface area contributed by atoms with E-state index in [2.05, 4.69) is 10.2 Å². The van der Waals surface area contributed by atoms with Gasteiger partial charge in [0.05, 0.1) is 12.7 Å². The molecule has 2 N–H and O–H groups in total. The van der Waals surface area contributed by atoms with Crippen molar-refractivity contribution in [2.24, 2.45) is 0 Å². The van der Waals surface area contributed by atoms with Gasteiger partial charge in [-0.05, 0) is 43.4 Å². The van der Waals surface area contributed by atoms with Gasteiger partial charge < -0.3 is 15.2 Å². The molecule has 5 nitrogen and oxygen atoms in total. The fraction of sp³-hybridized carbons (Fsp3) is 0.800. The fourth-order valence-electron chi connectivity index (χ4n) is 2.02. The second kappa shape index (κ2) is 4.97. The van der Waals surface area contributed by atoms with Crippen LogP contribution < -0.4 is 10.5 Å². The number of methoxy groups -OCH3 is 1. The molecule has 2 heterocycles. The van der Waals surface area contributed by atoms with E-state index in [4.69, 9.17) is 15.2 Å². The number of aromatic nitrogens is 2. The van der Waals surface area contributed by atoms with Crippen LogP contribution >= 0.6 is 11.3 Å². The molecule has 1 saturated carbocycles. The molecule has 0 radical (unpaired) electrons. The Balaban J connectivity index is 0.000000120. The zero-order chi connectivity index (χ0) is 11.4. The van der Waals surface area contributed by atoms with Gasteiger partial charge in [0.1, 0.15) is 0 Å². The number of ether oxygens (including phenoxy) is 2. The van der Waals surface area contributed by atoms with Crippen LogP contribution in [0, 0.1) is 0 Å². The van der Waals surface area contributed by atoms with Crippen LogP contribution in [0.1, 0.15) is 32.1 Å². The molecule has 1 aliphatic carbocycles. The second-order valence-electron chi connectivity index (χ2n) is 4.10. The summed E-state index contributed by atoms with van der Waals surface area (Å²) >= 11 is 1.22. The van der Waals surface area contributed by atoms with Crippen LogP contribution in [0.2, 0.25) is 0 Å². The first kappa shape index (κ1) is 11.6. The highest BCUT2D eigenvalue weighted by Gasteiger charge is 2.40. The number of nitrogens with two attached hydrogens (primary N) is 1. The van der Waals surface area contributed by atoms with E-state index in [1.54, 1.807) is 0 Å². The topological polar surface area (TPSA) is 70.3 Å². The first-order valence-corrected chi connectivity index (χ1v) is 6.33. The van der Waals surface area contributed by atoms with Gasteiger partial charge in [-0.1, -0.05) is 5.10 Å². The van der Waals surface area contributed by atoms with E-state index < -0.39 is 0 Å². The van der Waals surface area contributed by atoms with Crippen LogP contribution in [-0.2, 0) is 4.74 Å². The lowest BCUT2D eigenvalue weighted by Gasteiger charge is -2.36. The summed E-state index contributed by atoms with van der Waals surface area (Å²) in [5, 5.41) is 8.00. The summed E-state index contributed by atoms with van der Waals surface area (Å²) < 4.78 is 10.3. The molecule has 1 aliphatic heterocycles. The number of nitrogen functional groups attached to an aromatic ring is 1. The lowest BCUT2D eigenvalue weighted by atomic mass is 9.78. The summed E-state index contributed by atoms with van der Waals surface area (Å²) in [7, 11) is 1.53. The smallest absolute Gasteiger partial charge is 0.295 e. The van der Waals surface area contributed by atoms with E-state index in [1.807, 2.05) is 0 Å². The predicted molar refractivity (Wildman–Crippen MR) is 62.6 cm³/mol. The third-order valence-corrected chi connectivity index (χ3v) is 3.76. The molecule has 0 unspecified atom stereocenters. The Kier molecular flexibility index (Phi) is 3.60. The van der Waals surface area contributed by atoms with Crippen molar-refractivity contribution in [2.75, 3.05) is 19.5 Å². The zero-order valence-corrected chi connectivity index (χ0v) is 10.3. The van der Waals surface area contributed by atoms with Gasteiger partial charge in [0.25, 0.3) is 5.19 Å². The summed E-state index contributed by atoms with van der Waals surface area (Å²) in [5.41, 5.74) is 5.64. The maximum atomic E-state index is 5.58. The monoisotopic (exact) mass is 243 g/mol. The Morgan fingerprint density at radius 1 is 1.31 bits per heavy atom. The van der Waals surface area contributed by atoms with Crippen molar-refractivity contribution in [3.8, 4) is 5.19 Å². The molecule has 1 aromatic rings. The molecule has 90 valence electrons. The minimum absolute atomic E-state index is 0.417. The number of hydrogen-bond acceptors (Lipinski definition) is 6. The van der Waals surface area contributed by atoms with Gasteiger partial charge in [-0.2, -0.15) is 0 Å². The molecule has 0 atom stereocenters.